The van der Waals surface area contributed by atoms with Gasteiger partial charge in [0, 0.05) is 60.0 Å². The summed E-state index contributed by atoms with van der Waals surface area (Å²) in [5.74, 6) is -2.46. The van der Waals surface area contributed by atoms with E-state index in [2.05, 4.69) is 16.0 Å². The molecule has 3 saturated heterocycles. The van der Waals surface area contributed by atoms with Gasteiger partial charge in [0.2, 0.25) is 21.8 Å². The molecule has 3 fully saturated rings. The number of nitrogens with one attached hydrogen (secondary N) is 3. The Morgan fingerprint density at radius 1 is 0.846 bits per heavy atom. The molecule has 0 bridgehead atoms. The molecular weight excluding hydrogens is 1060 g/mol. The van der Waals surface area contributed by atoms with Gasteiger partial charge in [0.1, 0.15) is 22.3 Å². The molecule has 1 unspecified atom stereocenters. The first-order valence-corrected chi connectivity index (χ1v) is 29.2. The first kappa shape index (κ1) is 56.2. The van der Waals surface area contributed by atoms with Crippen LogP contribution in [0.5, 0.6) is 5.75 Å². The summed E-state index contributed by atoms with van der Waals surface area (Å²) >= 11 is 8.03. The second kappa shape index (κ2) is 21.9. The Labute approximate surface area is 464 Å². The number of ether oxygens (including phenoxy) is 3. The molecule has 4 aliphatic rings. The monoisotopic (exact) mass is 1120 g/mol. The first-order valence-electron chi connectivity index (χ1n) is 26.4. The molecule has 5 aromatic rings. The van der Waals surface area contributed by atoms with Crippen molar-refractivity contribution in [1.82, 2.24) is 14.5 Å². The van der Waals surface area contributed by atoms with Gasteiger partial charge in [-0.2, -0.15) is 4.31 Å². The highest BCUT2D eigenvalue weighted by Gasteiger charge is 2.43. The van der Waals surface area contributed by atoms with Gasteiger partial charge in [-0.3, -0.25) is 24.6 Å². The van der Waals surface area contributed by atoms with Crippen LogP contribution in [0.4, 0.5) is 21.9 Å². The predicted molar refractivity (Wildman–Crippen MR) is 302 cm³/mol. The number of anilines is 3. The van der Waals surface area contributed by atoms with E-state index in [9.17, 15) is 37.2 Å². The van der Waals surface area contributed by atoms with E-state index in [-0.39, 0.29) is 70.6 Å². The molecule has 5 heterocycles. The third-order valence-electron chi connectivity index (χ3n) is 14.3. The van der Waals surface area contributed by atoms with Crippen molar-refractivity contribution in [1.29, 1.82) is 0 Å². The van der Waals surface area contributed by atoms with Gasteiger partial charge < -0.3 is 29.7 Å². The molecule has 5 amide bonds. The summed E-state index contributed by atoms with van der Waals surface area (Å²) in [7, 11) is -3.83. The van der Waals surface area contributed by atoms with Crippen LogP contribution in [0.2, 0.25) is 5.02 Å². The minimum absolute atomic E-state index is 0.0300. The Balaban J connectivity index is 0.814. The summed E-state index contributed by atoms with van der Waals surface area (Å²) in [6, 6.07) is 22.9. The zero-order chi connectivity index (χ0) is 56.1. The van der Waals surface area contributed by atoms with Crippen LogP contribution >= 0.6 is 22.9 Å². The minimum atomic E-state index is -3.83. The molecule has 78 heavy (non-hydrogen) atoms. The summed E-state index contributed by atoms with van der Waals surface area (Å²) in [5.41, 5.74) is 2.46. The fourth-order valence-corrected chi connectivity index (χ4v) is 14.5. The summed E-state index contributed by atoms with van der Waals surface area (Å²) < 4.78 is 47.1. The number of thiophene rings is 1. The van der Waals surface area contributed by atoms with Crippen molar-refractivity contribution in [2.75, 3.05) is 41.8 Å². The number of sulfonamides is 1. The first-order chi connectivity index (χ1) is 36.7. The second-order valence-electron chi connectivity index (χ2n) is 23.1. The summed E-state index contributed by atoms with van der Waals surface area (Å²) in [4.78, 5) is 82.4. The summed E-state index contributed by atoms with van der Waals surface area (Å²) in [5, 5.41) is 10.9. The highest BCUT2D eigenvalue weighted by molar-refractivity contribution is 7.88. The lowest BCUT2D eigenvalue weighted by atomic mass is 9.87. The maximum absolute atomic E-state index is 14.3. The number of benzene rings is 4. The third kappa shape index (κ3) is 12.3. The zero-order valence-electron chi connectivity index (χ0n) is 45.2. The Hall–Kier alpha value is -6.54. The number of esters is 2. The zero-order valence-corrected chi connectivity index (χ0v) is 47.6. The Morgan fingerprint density at radius 3 is 2.31 bits per heavy atom. The number of carbonyl (C=O) groups excluding carboxylic acids is 6. The van der Waals surface area contributed by atoms with Crippen molar-refractivity contribution in [3.63, 3.8) is 0 Å². The van der Waals surface area contributed by atoms with Crippen molar-refractivity contribution < 1.29 is 51.4 Å². The number of rotatable bonds is 13. The summed E-state index contributed by atoms with van der Waals surface area (Å²) in [6.07, 6.45) is 3.69. The van der Waals surface area contributed by atoms with Crippen LogP contribution in [-0.4, -0.2) is 108 Å². The molecular formula is C58H67ClN6O11S2. The molecule has 4 aliphatic heterocycles. The normalized spacial score (nSPS) is 20.0. The van der Waals surface area contributed by atoms with E-state index in [0.717, 1.165) is 46.2 Å². The quantitative estimate of drug-likeness (QED) is 0.0743. The van der Waals surface area contributed by atoms with Gasteiger partial charge >= 0.3 is 18.0 Å². The van der Waals surface area contributed by atoms with E-state index in [1.165, 1.54) is 4.90 Å². The van der Waals surface area contributed by atoms with Crippen LogP contribution < -0.4 is 25.6 Å². The number of nitrogens with zero attached hydrogens (tertiary/aromatic N) is 3. The van der Waals surface area contributed by atoms with Gasteiger partial charge in [-0.15, -0.1) is 11.3 Å². The van der Waals surface area contributed by atoms with Crippen molar-refractivity contribution in [3.8, 4) is 16.2 Å². The molecule has 9 rings (SSSR count). The average Bonchev–Trinajstić information content (AvgIpc) is 3.88. The molecule has 20 heteroatoms. The number of halogens is 1. The number of carbonyl (C=O) groups is 6. The molecule has 3 atom stereocenters. The Kier molecular flexibility index (Phi) is 15.8. The highest BCUT2D eigenvalue weighted by Crippen LogP contribution is 2.48. The van der Waals surface area contributed by atoms with Crippen molar-refractivity contribution in [3.05, 3.63) is 105 Å². The molecule has 0 aliphatic carbocycles. The summed E-state index contributed by atoms with van der Waals surface area (Å²) in [6.45, 7) is 15.1. The molecule has 17 nitrogen and oxygen atoms in total. The molecule has 3 N–H and O–H groups in total. The van der Waals surface area contributed by atoms with Crippen molar-refractivity contribution in [2.24, 2.45) is 0 Å². The van der Waals surface area contributed by atoms with Crippen LogP contribution in [0.1, 0.15) is 137 Å². The lowest BCUT2D eigenvalue weighted by molar-refractivity contribution is -0.157. The maximum atomic E-state index is 14.3. The van der Waals surface area contributed by atoms with Gasteiger partial charge in [0.15, 0.2) is 17.2 Å². The van der Waals surface area contributed by atoms with E-state index in [0.29, 0.717) is 65.3 Å². The topological polar surface area (TPSA) is 210 Å². The van der Waals surface area contributed by atoms with Gasteiger partial charge in [0.25, 0.3) is 5.91 Å². The lowest BCUT2D eigenvalue weighted by Crippen LogP contribution is -2.55. The number of imide groups is 1. The number of hydrogen-bond donors (Lipinski definition) is 3. The maximum Gasteiger partial charge on any atom is 0.352 e. The van der Waals surface area contributed by atoms with Gasteiger partial charge in [-0.1, -0.05) is 54.1 Å². The van der Waals surface area contributed by atoms with E-state index < -0.39 is 57.3 Å². The minimum Gasteiger partial charge on any atom is -0.479 e. The molecule has 414 valence electrons. The SMILES string of the molecule is CC(C)(C)OC(=O)COc1c(C(=O)OC(C)(C)C)sc(-c2cccc(N[C@H]3CCN(S(=O)(=O)Cc4cccc(NC(=O)N5CCC[C@H](c6ccc7c8c(cccc68)N(C6CCC(=O)NC6=O)C7=O)CC5)c4)C(C)(C)C3)c2)c1Cl. The number of hydrogen-bond acceptors (Lipinski definition) is 13. The van der Waals surface area contributed by atoms with Gasteiger partial charge in [0.05, 0.1) is 16.3 Å². The molecule has 0 radical (unpaired) electrons. The highest BCUT2D eigenvalue weighted by atomic mass is 35.5. The van der Waals surface area contributed by atoms with Gasteiger partial charge in [-0.05, 0) is 158 Å². The lowest BCUT2D eigenvalue weighted by Gasteiger charge is -2.45. The Bertz CT molecular complexity index is 3330. The molecule has 0 spiro atoms. The predicted octanol–water partition coefficient (Wildman–Crippen LogP) is 10.6. The van der Waals surface area contributed by atoms with Crippen molar-refractivity contribution >= 4 is 96.5 Å². The van der Waals surface area contributed by atoms with E-state index in [1.54, 1.807) is 75.0 Å². The average molecular weight is 1120 g/mol. The van der Waals surface area contributed by atoms with Crippen LogP contribution in [0.25, 0.3) is 21.2 Å². The third-order valence-corrected chi connectivity index (χ3v) is 18.1. The van der Waals surface area contributed by atoms with Crippen LogP contribution in [-0.2, 0) is 39.6 Å². The second-order valence-corrected chi connectivity index (χ2v) is 26.4. The number of amides is 5. The van der Waals surface area contributed by atoms with E-state index in [1.807, 2.05) is 68.4 Å². The number of piperidine rings is 2. The van der Waals surface area contributed by atoms with Crippen LogP contribution in [0.3, 0.4) is 0 Å². The van der Waals surface area contributed by atoms with Gasteiger partial charge in [-0.25, -0.2) is 22.8 Å². The van der Waals surface area contributed by atoms with Crippen LogP contribution in [0, 0.1) is 0 Å². The van der Waals surface area contributed by atoms with E-state index in [4.69, 9.17) is 25.8 Å². The van der Waals surface area contributed by atoms with E-state index >= 15 is 0 Å². The smallest absolute Gasteiger partial charge is 0.352 e. The standard InChI is InChI=1S/C58H67ClN6O11S2/c1-56(2,3)75-46(67)32-74-49-48(59)50(77-51(49)54(70)76-57(4,5)6)36-14-10-17-38(30-36)60-39-25-28-64(58(7,8)31-39)78(72,73)33-34-13-9-16-37(29-34)61-55(71)63-26-12-15-35(24-27-63)40-20-21-42-47-41(40)18-11-19-43(47)65(53(42)69)44-22-23-45(66)62-52(44)68/h9-11,13-14,16-21,29-30,35,39,44,60H,12,15,22-28,31-33H2,1-8H3,(H,61,71)(H,62,66,68)/t35-,39-,44?/m0/s1. The molecule has 1 aromatic heterocycles. The molecule has 4 aromatic carbocycles. The Morgan fingerprint density at radius 2 is 1.58 bits per heavy atom. The molecule has 0 saturated carbocycles. The van der Waals surface area contributed by atoms with Crippen LogP contribution in [0.15, 0.2) is 78.9 Å². The number of likely N-dealkylation sites (tertiary alicyclic amines) is 1. The fourth-order valence-electron chi connectivity index (χ4n) is 11.1. The largest absolute Gasteiger partial charge is 0.479 e. The fraction of sp³-hybridized carbons (Fsp3) is 0.448. The van der Waals surface area contributed by atoms with Crippen molar-refractivity contribution in [2.45, 2.75) is 141 Å². The number of urea groups is 1.